The molecule has 0 aliphatic heterocycles. The average molecular weight is 268 g/mol. The molecular weight excluding hydrogens is 240 g/mol. The molecule has 0 aromatic carbocycles. The van der Waals surface area contributed by atoms with E-state index in [2.05, 4.69) is 37.0 Å². The molecule has 1 saturated carbocycles. The highest BCUT2D eigenvalue weighted by molar-refractivity contribution is 7.99. The van der Waals surface area contributed by atoms with Crippen LogP contribution in [0.3, 0.4) is 0 Å². The van der Waals surface area contributed by atoms with Crippen molar-refractivity contribution < 1.29 is 0 Å². The van der Waals surface area contributed by atoms with E-state index in [1.807, 2.05) is 0 Å². The number of hydrogen-bond acceptors (Lipinski definition) is 3. The van der Waals surface area contributed by atoms with Gasteiger partial charge in [-0.05, 0) is 56.1 Å². The Morgan fingerprint density at radius 3 is 2.61 bits per heavy atom. The smallest absolute Gasteiger partial charge is 0.106 e. The molecule has 0 heterocycles. The molecule has 1 unspecified atom stereocenters. The van der Waals surface area contributed by atoms with E-state index < -0.39 is 0 Å². The minimum absolute atomic E-state index is 0.275. The topological polar surface area (TPSA) is 35.8 Å². The number of hydrogen-bond donors (Lipinski definition) is 1. The van der Waals surface area contributed by atoms with Gasteiger partial charge < -0.3 is 0 Å². The van der Waals surface area contributed by atoms with Crippen LogP contribution in [-0.4, -0.2) is 23.6 Å². The third-order valence-electron chi connectivity index (χ3n) is 4.05. The van der Waals surface area contributed by atoms with Crippen LogP contribution in [-0.2, 0) is 0 Å². The zero-order valence-corrected chi connectivity index (χ0v) is 12.8. The van der Waals surface area contributed by atoms with Gasteiger partial charge in [0.15, 0.2) is 0 Å². The summed E-state index contributed by atoms with van der Waals surface area (Å²) in [5.41, 5.74) is -0.275. The number of thioether (sulfide) groups is 1. The number of rotatable bonds is 9. The molecule has 0 spiro atoms. The predicted molar refractivity (Wildman–Crippen MR) is 80.8 cm³/mol. The summed E-state index contributed by atoms with van der Waals surface area (Å²) < 4.78 is 0. The van der Waals surface area contributed by atoms with Crippen LogP contribution in [0.4, 0.5) is 0 Å². The fourth-order valence-electron chi connectivity index (χ4n) is 2.81. The number of nitrogens with one attached hydrogen (secondary N) is 1. The summed E-state index contributed by atoms with van der Waals surface area (Å²) in [5.74, 6) is 3.54. The van der Waals surface area contributed by atoms with Crippen molar-refractivity contribution in [3.63, 3.8) is 0 Å². The number of nitrogens with zero attached hydrogens (tertiary/aromatic N) is 1. The second kappa shape index (κ2) is 8.82. The van der Waals surface area contributed by atoms with Crippen LogP contribution >= 0.6 is 11.8 Å². The third kappa shape index (κ3) is 5.20. The van der Waals surface area contributed by atoms with Gasteiger partial charge in [0.1, 0.15) is 5.54 Å². The van der Waals surface area contributed by atoms with Gasteiger partial charge in [-0.3, -0.25) is 5.32 Å². The maximum atomic E-state index is 9.32. The van der Waals surface area contributed by atoms with Crippen LogP contribution in [0.2, 0.25) is 0 Å². The summed E-state index contributed by atoms with van der Waals surface area (Å²) >= 11 is 2.09. The molecule has 3 heteroatoms. The van der Waals surface area contributed by atoms with Gasteiger partial charge in [0, 0.05) is 0 Å². The lowest BCUT2D eigenvalue weighted by atomic mass is 9.92. The highest BCUT2D eigenvalue weighted by Crippen LogP contribution is 2.28. The molecule has 0 radical (unpaired) electrons. The Bertz CT molecular complexity index is 256. The van der Waals surface area contributed by atoms with E-state index in [1.54, 1.807) is 0 Å². The molecule has 0 amide bonds. The van der Waals surface area contributed by atoms with Gasteiger partial charge in [0.2, 0.25) is 0 Å². The lowest BCUT2D eigenvalue weighted by Gasteiger charge is -2.26. The first-order valence-corrected chi connectivity index (χ1v) is 8.66. The van der Waals surface area contributed by atoms with Crippen molar-refractivity contribution in [2.24, 2.45) is 5.92 Å². The molecule has 1 aliphatic rings. The third-order valence-corrected chi connectivity index (χ3v) is 5.34. The van der Waals surface area contributed by atoms with Crippen LogP contribution < -0.4 is 5.32 Å². The summed E-state index contributed by atoms with van der Waals surface area (Å²) in [7, 11) is 0. The molecule has 0 saturated heterocycles. The lowest BCUT2D eigenvalue weighted by molar-refractivity contribution is 0.379. The van der Waals surface area contributed by atoms with Gasteiger partial charge in [-0.25, -0.2) is 0 Å². The van der Waals surface area contributed by atoms with Gasteiger partial charge in [0.05, 0.1) is 6.07 Å². The summed E-state index contributed by atoms with van der Waals surface area (Å²) in [4.78, 5) is 0. The van der Waals surface area contributed by atoms with Gasteiger partial charge in [-0.2, -0.15) is 17.0 Å². The van der Waals surface area contributed by atoms with Crippen LogP contribution in [0.1, 0.15) is 58.8 Å². The Labute approximate surface area is 117 Å². The zero-order chi connectivity index (χ0) is 13.3. The molecule has 0 aromatic heterocycles. The Hall–Kier alpha value is -0.200. The van der Waals surface area contributed by atoms with E-state index in [4.69, 9.17) is 0 Å². The monoisotopic (exact) mass is 268 g/mol. The molecule has 1 atom stereocenters. The van der Waals surface area contributed by atoms with E-state index in [0.29, 0.717) is 0 Å². The van der Waals surface area contributed by atoms with Gasteiger partial charge in [-0.15, -0.1) is 0 Å². The molecule has 18 heavy (non-hydrogen) atoms. The largest absolute Gasteiger partial charge is 0.300 e. The average Bonchev–Trinajstić information content (AvgIpc) is 2.90. The SMILES string of the molecule is CCNC(C#N)(CC)CCCSCC1CCCC1. The lowest BCUT2D eigenvalue weighted by Crippen LogP contribution is -2.43. The molecular formula is C15H28N2S. The maximum absolute atomic E-state index is 9.32. The van der Waals surface area contributed by atoms with Crippen LogP contribution in [0.5, 0.6) is 0 Å². The molecule has 0 bridgehead atoms. The first-order valence-electron chi connectivity index (χ1n) is 7.50. The van der Waals surface area contributed by atoms with E-state index >= 15 is 0 Å². The molecule has 1 N–H and O–H groups in total. The van der Waals surface area contributed by atoms with E-state index in [0.717, 1.165) is 31.7 Å². The van der Waals surface area contributed by atoms with Crippen molar-refractivity contribution in [3.05, 3.63) is 0 Å². The van der Waals surface area contributed by atoms with Gasteiger partial charge >= 0.3 is 0 Å². The maximum Gasteiger partial charge on any atom is 0.106 e. The van der Waals surface area contributed by atoms with Crippen LogP contribution in [0.15, 0.2) is 0 Å². The summed E-state index contributed by atoms with van der Waals surface area (Å²) in [6, 6.07) is 2.48. The first-order chi connectivity index (χ1) is 8.76. The van der Waals surface area contributed by atoms with E-state index in [9.17, 15) is 5.26 Å². The Morgan fingerprint density at radius 2 is 2.06 bits per heavy atom. The summed E-state index contributed by atoms with van der Waals surface area (Å²) in [6.45, 7) is 5.07. The van der Waals surface area contributed by atoms with Crippen molar-refractivity contribution in [2.45, 2.75) is 64.3 Å². The zero-order valence-electron chi connectivity index (χ0n) is 12.0. The first kappa shape index (κ1) is 15.9. The van der Waals surface area contributed by atoms with Crippen molar-refractivity contribution >= 4 is 11.8 Å². The van der Waals surface area contributed by atoms with Crippen LogP contribution in [0, 0.1) is 17.2 Å². The number of nitriles is 1. The van der Waals surface area contributed by atoms with Gasteiger partial charge in [0.25, 0.3) is 0 Å². The highest BCUT2D eigenvalue weighted by Gasteiger charge is 2.25. The fraction of sp³-hybridized carbons (Fsp3) is 0.933. The van der Waals surface area contributed by atoms with E-state index in [1.165, 1.54) is 37.2 Å². The Kier molecular flexibility index (Phi) is 7.77. The molecule has 0 aromatic rings. The minimum atomic E-state index is -0.275. The molecule has 2 nitrogen and oxygen atoms in total. The molecule has 104 valence electrons. The second-order valence-corrected chi connectivity index (χ2v) is 6.56. The van der Waals surface area contributed by atoms with Crippen molar-refractivity contribution in [1.82, 2.24) is 5.32 Å². The Morgan fingerprint density at radius 1 is 1.33 bits per heavy atom. The Balaban J connectivity index is 2.12. The fourth-order valence-corrected chi connectivity index (χ4v) is 3.99. The molecule has 1 rings (SSSR count). The minimum Gasteiger partial charge on any atom is -0.300 e. The van der Waals surface area contributed by atoms with Gasteiger partial charge in [-0.1, -0.05) is 26.7 Å². The standard InChI is InChI=1S/C15H28N2S/c1-3-15(13-16,17-4-2)10-7-11-18-12-14-8-5-6-9-14/h14,17H,3-12H2,1-2H3. The highest BCUT2D eigenvalue weighted by atomic mass is 32.2. The normalized spacial score (nSPS) is 19.6. The predicted octanol–water partition coefficient (Wildman–Crippen LogP) is 3.97. The van der Waals surface area contributed by atoms with E-state index in [-0.39, 0.29) is 5.54 Å². The van der Waals surface area contributed by atoms with Crippen LogP contribution in [0.25, 0.3) is 0 Å². The summed E-state index contributed by atoms with van der Waals surface area (Å²) in [6.07, 6.45) is 8.84. The van der Waals surface area contributed by atoms with Crippen molar-refractivity contribution in [3.8, 4) is 6.07 Å². The second-order valence-electron chi connectivity index (χ2n) is 5.41. The summed E-state index contributed by atoms with van der Waals surface area (Å²) in [5, 5.41) is 12.7. The molecule has 1 aliphatic carbocycles. The van der Waals surface area contributed by atoms with Crippen molar-refractivity contribution in [2.75, 3.05) is 18.1 Å². The van der Waals surface area contributed by atoms with Crippen molar-refractivity contribution in [1.29, 1.82) is 5.26 Å². The molecule has 1 fully saturated rings. The quantitative estimate of drug-likeness (QED) is 0.643.